The smallest absolute Gasteiger partial charge is 0.221 e. The standard InChI is InChI=1S/C20H21N5O3/c1-13(26)23-14-4-6-15(7-5-14)24-19-11-20(22-12-21-19)25-17-10-16(27-2)8-9-18(17)28-3/h4-12H,1-3H3,(H,23,26)(H2,21,22,24,25). The Kier molecular flexibility index (Phi) is 5.91. The molecule has 0 aliphatic rings. The fraction of sp³-hybridized carbons (Fsp3) is 0.150. The number of hydrogen-bond donors (Lipinski definition) is 3. The first kappa shape index (κ1) is 19.0. The Morgan fingerprint density at radius 3 is 2.18 bits per heavy atom. The Hall–Kier alpha value is -3.81. The van der Waals surface area contributed by atoms with E-state index in [4.69, 9.17) is 9.47 Å². The molecule has 1 heterocycles. The molecule has 1 aromatic heterocycles. The van der Waals surface area contributed by atoms with Crippen molar-refractivity contribution in [2.45, 2.75) is 6.92 Å². The first-order valence-corrected chi connectivity index (χ1v) is 8.53. The minimum atomic E-state index is -0.111. The third kappa shape index (κ3) is 4.88. The molecule has 0 fully saturated rings. The third-order valence-electron chi connectivity index (χ3n) is 3.81. The molecule has 0 saturated carbocycles. The maximum atomic E-state index is 11.1. The van der Waals surface area contributed by atoms with Gasteiger partial charge >= 0.3 is 0 Å². The van der Waals surface area contributed by atoms with E-state index >= 15 is 0 Å². The van der Waals surface area contributed by atoms with E-state index in [-0.39, 0.29) is 5.91 Å². The number of ether oxygens (including phenoxy) is 2. The number of rotatable bonds is 7. The van der Waals surface area contributed by atoms with E-state index in [0.717, 1.165) is 17.1 Å². The number of anilines is 5. The molecule has 3 aromatic rings. The van der Waals surface area contributed by atoms with Crippen LogP contribution in [0.1, 0.15) is 6.92 Å². The van der Waals surface area contributed by atoms with Crippen LogP contribution < -0.4 is 25.4 Å². The molecular weight excluding hydrogens is 358 g/mol. The number of nitrogens with one attached hydrogen (secondary N) is 3. The van der Waals surface area contributed by atoms with Crippen molar-refractivity contribution >= 4 is 34.6 Å². The number of amides is 1. The van der Waals surface area contributed by atoms with Crippen molar-refractivity contribution in [2.75, 3.05) is 30.2 Å². The zero-order valence-corrected chi connectivity index (χ0v) is 15.8. The summed E-state index contributed by atoms with van der Waals surface area (Å²) in [6.45, 7) is 1.47. The number of carbonyl (C=O) groups excluding carboxylic acids is 1. The quantitative estimate of drug-likeness (QED) is 0.572. The highest BCUT2D eigenvalue weighted by Gasteiger charge is 2.07. The average Bonchev–Trinajstić information content (AvgIpc) is 2.69. The Labute approximate surface area is 162 Å². The van der Waals surface area contributed by atoms with Gasteiger partial charge in [-0.3, -0.25) is 4.79 Å². The summed E-state index contributed by atoms with van der Waals surface area (Å²) in [7, 11) is 3.21. The molecule has 3 rings (SSSR count). The third-order valence-corrected chi connectivity index (χ3v) is 3.81. The SMILES string of the molecule is COc1ccc(OC)c(Nc2cc(Nc3ccc(NC(C)=O)cc3)ncn2)c1. The second kappa shape index (κ2) is 8.72. The van der Waals surface area contributed by atoms with Gasteiger partial charge in [-0.2, -0.15) is 0 Å². The Balaban J connectivity index is 1.75. The zero-order chi connectivity index (χ0) is 19.9. The number of carbonyl (C=O) groups is 1. The molecule has 0 bridgehead atoms. The summed E-state index contributed by atoms with van der Waals surface area (Å²) in [5.41, 5.74) is 2.29. The van der Waals surface area contributed by atoms with Crippen molar-refractivity contribution in [3.63, 3.8) is 0 Å². The highest BCUT2D eigenvalue weighted by molar-refractivity contribution is 5.88. The predicted molar refractivity (Wildman–Crippen MR) is 109 cm³/mol. The minimum absolute atomic E-state index is 0.111. The maximum absolute atomic E-state index is 11.1. The molecule has 0 unspecified atom stereocenters. The van der Waals surface area contributed by atoms with Crippen LogP contribution in [0, 0.1) is 0 Å². The average molecular weight is 379 g/mol. The normalized spacial score (nSPS) is 10.1. The number of nitrogens with zero attached hydrogens (tertiary/aromatic N) is 2. The topological polar surface area (TPSA) is 97.4 Å². The number of methoxy groups -OCH3 is 2. The van der Waals surface area contributed by atoms with Crippen molar-refractivity contribution in [2.24, 2.45) is 0 Å². The monoisotopic (exact) mass is 379 g/mol. The largest absolute Gasteiger partial charge is 0.497 e. The van der Waals surface area contributed by atoms with Crippen molar-refractivity contribution in [3.05, 3.63) is 54.9 Å². The van der Waals surface area contributed by atoms with Crippen LogP contribution in [0.15, 0.2) is 54.9 Å². The van der Waals surface area contributed by atoms with Gasteiger partial charge in [-0.05, 0) is 36.4 Å². The number of benzene rings is 2. The van der Waals surface area contributed by atoms with Gasteiger partial charge < -0.3 is 25.4 Å². The molecule has 0 atom stereocenters. The van der Waals surface area contributed by atoms with Crippen LogP contribution in [0.2, 0.25) is 0 Å². The van der Waals surface area contributed by atoms with Crippen molar-refractivity contribution < 1.29 is 14.3 Å². The molecule has 28 heavy (non-hydrogen) atoms. The van der Waals surface area contributed by atoms with Gasteiger partial charge in [0.05, 0.1) is 19.9 Å². The summed E-state index contributed by atoms with van der Waals surface area (Å²) < 4.78 is 10.6. The van der Waals surface area contributed by atoms with Gasteiger partial charge in [0.2, 0.25) is 5.91 Å². The lowest BCUT2D eigenvalue weighted by atomic mass is 10.2. The summed E-state index contributed by atoms with van der Waals surface area (Å²) in [4.78, 5) is 19.6. The zero-order valence-electron chi connectivity index (χ0n) is 15.8. The molecule has 3 N–H and O–H groups in total. The Morgan fingerprint density at radius 1 is 0.857 bits per heavy atom. The fourth-order valence-corrected chi connectivity index (χ4v) is 2.53. The molecule has 0 saturated heterocycles. The van der Waals surface area contributed by atoms with Crippen LogP contribution in [0.25, 0.3) is 0 Å². The van der Waals surface area contributed by atoms with E-state index in [2.05, 4.69) is 25.9 Å². The van der Waals surface area contributed by atoms with Crippen LogP contribution in [-0.4, -0.2) is 30.1 Å². The van der Waals surface area contributed by atoms with E-state index in [1.165, 1.54) is 13.3 Å². The first-order chi connectivity index (χ1) is 13.6. The van der Waals surface area contributed by atoms with Crippen molar-refractivity contribution in [1.82, 2.24) is 9.97 Å². The summed E-state index contributed by atoms with van der Waals surface area (Å²) in [6, 6.07) is 14.6. The van der Waals surface area contributed by atoms with Crippen molar-refractivity contribution in [1.29, 1.82) is 0 Å². The summed E-state index contributed by atoms with van der Waals surface area (Å²) in [5, 5.41) is 9.14. The van der Waals surface area contributed by atoms with Crippen LogP contribution in [0.4, 0.5) is 28.7 Å². The van der Waals surface area contributed by atoms with Crippen LogP contribution in [0.5, 0.6) is 11.5 Å². The van der Waals surface area contributed by atoms with Gasteiger partial charge in [-0.15, -0.1) is 0 Å². The molecule has 144 valence electrons. The predicted octanol–water partition coefficient (Wildman–Crippen LogP) is 3.94. The molecule has 8 heteroatoms. The molecule has 8 nitrogen and oxygen atoms in total. The van der Waals surface area contributed by atoms with Gasteiger partial charge in [0, 0.05) is 30.4 Å². The molecule has 0 aliphatic carbocycles. The Morgan fingerprint density at radius 2 is 1.54 bits per heavy atom. The summed E-state index contributed by atoms with van der Waals surface area (Å²) >= 11 is 0. The van der Waals surface area contributed by atoms with E-state index in [9.17, 15) is 4.79 Å². The van der Waals surface area contributed by atoms with Crippen LogP contribution >= 0.6 is 0 Å². The lowest BCUT2D eigenvalue weighted by molar-refractivity contribution is -0.114. The van der Waals surface area contributed by atoms with Crippen LogP contribution in [-0.2, 0) is 4.79 Å². The van der Waals surface area contributed by atoms with Gasteiger partial charge in [-0.1, -0.05) is 0 Å². The lowest BCUT2D eigenvalue weighted by Crippen LogP contribution is -2.05. The molecule has 2 aromatic carbocycles. The molecule has 0 radical (unpaired) electrons. The Bertz CT molecular complexity index is 960. The van der Waals surface area contributed by atoms with E-state index in [1.54, 1.807) is 20.3 Å². The highest BCUT2D eigenvalue weighted by atomic mass is 16.5. The summed E-state index contributed by atoms with van der Waals surface area (Å²) in [5.74, 6) is 2.48. The second-order valence-corrected chi connectivity index (χ2v) is 5.86. The maximum Gasteiger partial charge on any atom is 0.221 e. The molecule has 0 spiro atoms. The van der Waals surface area contributed by atoms with Gasteiger partial charge in [0.15, 0.2) is 0 Å². The molecule has 1 amide bonds. The number of hydrogen-bond acceptors (Lipinski definition) is 7. The summed E-state index contributed by atoms with van der Waals surface area (Å²) in [6.07, 6.45) is 1.46. The lowest BCUT2D eigenvalue weighted by Gasteiger charge is -2.13. The van der Waals surface area contributed by atoms with Gasteiger partial charge in [0.1, 0.15) is 29.5 Å². The molecular formula is C20H21N5O3. The van der Waals surface area contributed by atoms with E-state index in [0.29, 0.717) is 23.1 Å². The first-order valence-electron chi connectivity index (χ1n) is 8.53. The van der Waals surface area contributed by atoms with E-state index < -0.39 is 0 Å². The highest BCUT2D eigenvalue weighted by Crippen LogP contribution is 2.31. The second-order valence-electron chi connectivity index (χ2n) is 5.86. The van der Waals surface area contributed by atoms with Crippen LogP contribution in [0.3, 0.4) is 0 Å². The minimum Gasteiger partial charge on any atom is -0.497 e. The van der Waals surface area contributed by atoms with Crippen molar-refractivity contribution in [3.8, 4) is 11.5 Å². The number of aromatic nitrogens is 2. The fourth-order valence-electron chi connectivity index (χ4n) is 2.53. The van der Waals surface area contributed by atoms with Gasteiger partial charge in [0.25, 0.3) is 0 Å². The van der Waals surface area contributed by atoms with E-state index in [1.807, 2.05) is 42.5 Å². The van der Waals surface area contributed by atoms with Gasteiger partial charge in [-0.25, -0.2) is 9.97 Å². The molecule has 0 aliphatic heterocycles.